The number of benzene rings is 2. The first kappa shape index (κ1) is 23.2. The number of hydrogen-bond acceptors (Lipinski definition) is 1. The lowest BCUT2D eigenvalue weighted by Crippen LogP contribution is -2.42. The number of alkyl halides is 1. The van der Waals surface area contributed by atoms with Gasteiger partial charge < -0.3 is 4.90 Å². The number of unbranched alkanes of at least 4 members (excludes halogenated alkanes) is 3. The van der Waals surface area contributed by atoms with E-state index in [0.29, 0.717) is 22.9 Å². The average Bonchev–Trinajstić information content (AvgIpc) is 2.79. The summed E-state index contributed by atoms with van der Waals surface area (Å²) in [6.07, 6.45) is 9.08. The third-order valence-electron chi connectivity index (χ3n) is 6.35. The van der Waals surface area contributed by atoms with E-state index in [4.69, 9.17) is 23.2 Å². The maximum atomic E-state index is 13.3. The van der Waals surface area contributed by atoms with Crippen LogP contribution in [0.5, 0.6) is 0 Å². The van der Waals surface area contributed by atoms with Crippen LogP contribution >= 0.6 is 23.2 Å². The Hall–Kier alpha value is -1.51. The van der Waals surface area contributed by atoms with Gasteiger partial charge in [0.1, 0.15) is 0 Å². The molecule has 1 saturated carbocycles. The Morgan fingerprint density at radius 1 is 0.933 bits per heavy atom. The highest BCUT2D eigenvalue weighted by Crippen LogP contribution is 2.35. The van der Waals surface area contributed by atoms with Crippen LogP contribution in [0.4, 0.5) is 0 Å². The van der Waals surface area contributed by atoms with Crippen molar-refractivity contribution in [2.24, 2.45) is 0 Å². The van der Waals surface area contributed by atoms with Gasteiger partial charge in [0.2, 0.25) is 0 Å². The smallest absolute Gasteiger partial charge is 0.254 e. The molecular weight excluding hydrogens is 413 g/mol. The van der Waals surface area contributed by atoms with Crippen LogP contribution in [0.2, 0.25) is 5.02 Å². The number of rotatable bonds is 9. The van der Waals surface area contributed by atoms with Crippen molar-refractivity contribution in [3.63, 3.8) is 0 Å². The Balaban J connectivity index is 1.65. The molecule has 1 fully saturated rings. The fourth-order valence-corrected chi connectivity index (χ4v) is 4.82. The van der Waals surface area contributed by atoms with Crippen LogP contribution in [0, 0.1) is 0 Å². The van der Waals surface area contributed by atoms with E-state index in [0.717, 1.165) is 44.2 Å². The first-order valence-corrected chi connectivity index (χ1v) is 12.2. The SMILES string of the molecule is CCCCCCN(C(=O)c1ccc(Cl)cc1)C1CCC(c2ccc(CCl)cc2)CC1. The van der Waals surface area contributed by atoms with E-state index in [1.165, 1.54) is 30.4 Å². The van der Waals surface area contributed by atoms with E-state index in [2.05, 4.69) is 36.1 Å². The zero-order chi connectivity index (χ0) is 21.3. The molecular formula is C26H33Cl2NO. The fraction of sp³-hybridized carbons (Fsp3) is 0.500. The summed E-state index contributed by atoms with van der Waals surface area (Å²) in [6, 6.07) is 16.4. The van der Waals surface area contributed by atoms with Crippen LogP contribution < -0.4 is 0 Å². The van der Waals surface area contributed by atoms with Crippen LogP contribution in [-0.4, -0.2) is 23.4 Å². The molecule has 4 heteroatoms. The molecule has 30 heavy (non-hydrogen) atoms. The van der Waals surface area contributed by atoms with Gasteiger partial charge in [-0.2, -0.15) is 0 Å². The van der Waals surface area contributed by atoms with Crippen LogP contribution in [0.3, 0.4) is 0 Å². The lowest BCUT2D eigenvalue weighted by atomic mass is 9.81. The highest BCUT2D eigenvalue weighted by Gasteiger charge is 2.29. The maximum Gasteiger partial charge on any atom is 0.254 e. The molecule has 2 nitrogen and oxygen atoms in total. The van der Waals surface area contributed by atoms with E-state index in [1.807, 2.05) is 24.3 Å². The number of nitrogens with zero attached hydrogens (tertiary/aromatic N) is 1. The average molecular weight is 446 g/mol. The summed E-state index contributed by atoms with van der Waals surface area (Å²) in [5, 5.41) is 0.668. The molecule has 0 atom stereocenters. The van der Waals surface area contributed by atoms with Crippen LogP contribution in [0.25, 0.3) is 0 Å². The van der Waals surface area contributed by atoms with E-state index < -0.39 is 0 Å². The molecule has 0 unspecified atom stereocenters. The first-order chi connectivity index (χ1) is 14.6. The van der Waals surface area contributed by atoms with Gasteiger partial charge in [0.25, 0.3) is 5.91 Å². The summed E-state index contributed by atoms with van der Waals surface area (Å²) >= 11 is 11.9. The van der Waals surface area contributed by atoms with Crippen molar-refractivity contribution in [3.05, 3.63) is 70.2 Å². The largest absolute Gasteiger partial charge is 0.336 e. The second-order valence-electron chi connectivity index (χ2n) is 8.45. The minimum atomic E-state index is 0.151. The fourth-order valence-electron chi connectivity index (χ4n) is 4.52. The van der Waals surface area contributed by atoms with Crippen molar-refractivity contribution in [3.8, 4) is 0 Å². The van der Waals surface area contributed by atoms with Gasteiger partial charge in [0.15, 0.2) is 0 Å². The summed E-state index contributed by atoms with van der Waals surface area (Å²) in [5.74, 6) is 1.29. The molecule has 0 aliphatic heterocycles. The van der Waals surface area contributed by atoms with Crippen LogP contribution in [0.15, 0.2) is 48.5 Å². The van der Waals surface area contributed by atoms with Gasteiger partial charge in [-0.15, -0.1) is 11.6 Å². The summed E-state index contributed by atoms with van der Waals surface area (Å²) in [6.45, 7) is 3.07. The van der Waals surface area contributed by atoms with E-state index in [9.17, 15) is 4.79 Å². The van der Waals surface area contributed by atoms with Gasteiger partial charge in [0.05, 0.1) is 0 Å². The van der Waals surface area contributed by atoms with E-state index >= 15 is 0 Å². The van der Waals surface area contributed by atoms with Gasteiger partial charge in [-0.1, -0.05) is 62.1 Å². The molecule has 0 bridgehead atoms. The van der Waals surface area contributed by atoms with Crippen LogP contribution in [-0.2, 0) is 5.88 Å². The Morgan fingerprint density at radius 2 is 1.60 bits per heavy atom. The lowest BCUT2D eigenvalue weighted by Gasteiger charge is -2.37. The normalized spacial score (nSPS) is 18.9. The summed E-state index contributed by atoms with van der Waals surface area (Å²) in [5.41, 5.74) is 3.32. The predicted octanol–water partition coefficient (Wildman–Crippen LogP) is 7.83. The molecule has 3 rings (SSSR count). The zero-order valence-corrected chi connectivity index (χ0v) is 19.5. The Kier molecular flexibility index (Phi) is 9.08. The topological polar surface area (TPSA) is 20.3 Å². The summed E-state index contributed by atoms with van der Waals surface area (Å²) in [4.78, 5) is 15.5. The van der Waals surface area contributed by atoms with Crippen molar-refractivity contribution in [2.45, 2.75) is 76.1 Å². The molecule has 1 aliphatic rings. The highest BCUT2D eigenvalue weighted by atomic mass is 35.5. The third kappa shape index (κ3) is 6.25. The van der Waals surface area contributed by atoms with Crippen LogP contribution in [0.1, 0.15) is 85.7 Å². The number of carbonyl (C=O) groups is 1. The number of carbonyl (C=O) groups excluding carboxylic acids is 1. The number of hydrogen-bond donors (Lipinski definition) is 0. The minimum absolute atomic E-state index is 0.151. The highest BCUT2D eigenvalue weighted by molar-refractivity contribution is 6.30. The molecule has 0 aromatic heterocycles. The summed E-state index contributed by atoms with van der Waals surface area (Å²) < 4.78 is 0. The monoisotopic (exact) mass is 445 g/mol. The molecule has 162 valence electrons. The molecule has 1 amide bonds. The molecule has 0 radical (unpaired) electrons. The Morgan fingerprint density at radius 3 is 2.20 bits per heavy atom. The number of halogens is 2. The molecule has 0 spiro atoms. The van der Waals surface area contributed by atoms with E-state index in [1.54, 1.807) is 0 Å². The van der Waals surface area contributed by atoms with Crippen molar-refractivity contribution in [1.82, 2.24) is 4.90 Å². The molecule has 0 saturated heterocycles. The number of amides is 1. The minimum Gasteiger partial charge on any atom is -0.336 e. The lowest BCUT2D eigenvalue weighted by molar-refractivity contribution is 0.0621. The van der Waals surface area contributed by atoms with Crippen molar-refractivity contribution in [1.29, 1.82) is 0 Å². The second-order valence-corrected chi connectivity index (χ2v) is 9.15. The predicted molar refractivity (Wildman–Crippen MR) is 128 cm³/mol. The maximum absolute atomic E-state index is 13.3. The first-order valence-electron chi connectivity index (χ1n) is 11.3. The van der Waals surface area contributed by atoms with Crippen molar-refractivity contribution < 1.29 is 4.79 Å². The Labute approximate surface area is 191 Å². The van der Waals surface area contributed by atoms with Gasteiger partial charge in [-0.25, -0.2) is 0 Å². The molecule has 1 aliphatic carbocycles. The van der Waals surface area contributed by atoms with Gasteiger partial charge in [-0.3, -0.25) is 4.79 Å². The Bertz CT molecular complexity index is 780. The molecule has 0 heterocycles. The van der Waals surface area contributed by atoms with E-state index in [-0.39, 0.29) is 5.91 Å². The zero-order valence-electron chi connectivity index (χ0n) is 18.0. The standard InChI is InChI=1S/C26H33Cl2NO/c1-2-3-4-5-18-29(26(30)23-10-14-24(28)15-11-23)25-16-12-22(13-17-25)21-8-6-20(19-27)7-9-21/h6-11,14-15,22,25H,2-5,12-13,16-19H2,1H3. The van der Waals surface area contributed by atoms with Crippen molar-refractivity contribution >= 4 is 29.1 Å². The molecule has 2 aromatic carbocycles. The van der Waals surface area contributed by atoms with Gasteiger partial charge in [-0.05, 0) is 73.4 Å². The second kappa shape index (κ2) is 11.8. The van der Waals surface area contributed by atoms with Crippen molar-refractivity contribution in [2.75, 3.05) is 6.54 Å². The summed E-state index contributed by atoms with van der Waals surface area (Å²) in [7, 11) is 0. The van der Waals surface area contributed by atoms with Gasteiger partial charge >= 0.3 is 0 Å². The molecule has 2 aromatic rings. The quantitative estimate of drug-likeness (QED) is 0.284. The molecule has 0 N–H and O–H groups in total. The van der Waals surface area contributed by atoms with Gasteiger partial charge in [0, 0.05) is 29.1 Å². The third-order valence-corrected chi connectivity index (χ3v) is 6.91.